The van der Waals surface area contributed by atoms with Crippen molar-refractivity contribution < 1.29 is 9.90 Å². The highest BCUT2D eigenvalue weighted by Gasteiger charge is 2.39. The van der Waals surface area contributed by atoms with Crippen molar-refractivity contribution in [2.24, 2.45) is 5.92 Å². The van der Waals surface area contributed by atoms with Gasteiger partial charge in [0.05, 0.1) is 0 Å². The third-order valence-corrected chi connectivity index (χ3v) is 4.68. The smallest absolute Gasteiger partial charge is 0.315 e. The van der Waals surface area contributed by atoms with E-state index in [-0.39, 0.29) is 0 Å². The van der Waals surface area contributed by atoms with Crippen LogP contribution in [0.1, 0.15) is 39.2 Å². The lowest BCUT2D eigenvalue weighted by molar-refractivity contribution is -0.144. The van der Waals surface area contributed by atoms with Crippen LogP contribution in [0.2, 0.25) is 0 Å². The molecule has 1 fully saturated rings. The molecule has 0 bridgehead atoms. The molecule has 1 aromatic rings. The van der Waals surface area contributed by atoms with Crippen LogP contribution in [0.5, 0.6) is 0 Å². The van der Waals surface area contributed by atoms with Gasteiger partial charge in [-0.05, 0) is 44.7 Å². The van der Waals surface area contributed by atoms with E-state index in [4.69, 9.17) is 0 Å². The largest absolute Gasteiger partial charge is 0.481 e. The summed E-state index contributed by atoms with van der Waals surface area (Å²) >= 11 is 0. The van der Waals surface area contributed by atoms with E-state index < -0.39 is 11.4 Å². The molecular formula is C17H25NO2. The van der Waals surface area contributed by atoms with Crippen molar-refractivity contribution in [3.05, 3.63) is 35.9 Å². The number of nitrogens with zero attached hydrogens (tertiary/aromatic N) is 1. The highest BCUT2D eigenvalue weighted by Crippen LogP contribution is 2.30. The maximum absolute atomic E-state index is 11.8. The van der Waals surface area contributed by atoms with Gasteiger partial charge in [0.25, 0.3) is 0 Å². The Morgan fingerprint density at radius 1 is 1.35 bits per heavy atom. The molecule has 1 aliphatic heterocycles. The first-order valence-electron chi connectivity index (χ1n) is 7.46. The van der Waals surface area contributed by atoms with Gasteiger partial charge in [-0.15, -0.1) is 0 Å². The minimum absolute atomic E-state index is 0.459. The van der Waals surface area contributed by atoms with Crippen LogP contribution in [0.25, 0.3) is 0 Å². The SMILES string of the molecule is CC1CCN(CC(C)(C(=O)O)c2ccccc2)C(C)C1. The lowest BCUT2D eigenvalue weighted by Crippen LogP contribution is -2.50. The van der Waals surface area contributed by atoms with E-state index in [0.29, 0.717) is 12.6 Å². The Bertz CT molecular complexity index is 459. The first-order valence-corrected chi connectivity index (χ1v) is 7.46. The Morgan fingerprint density at radius 2 is 2.00 bits per heavy atom. The fourth-order valence-corrected chi connectivity index (χ4v) is 3.19. The molecule has 1 heterocycles. The van der Waals surface area contributed by atoms with E-state index in [1.165, 1.54) is 0 Å². The Hall–Kier alpha value is -1.35. The molecule has 0 aliphatic carbocycles. The Balaban J connectivity index is 2.20. The maximum atomic E-state index is 11.8. The standard InChI is InChI=1S/C17H25NO2/c1-13-9-10-18(14(2)11-13)12-17(3,16(19)20)15-7-5-4-6-8-15/h4-8,13-14H,9-12H2,1-3H3,(H,19,20). The minimum atomic E-state index is -0.837. The minimum Gasteiger partial charge on any atom is -0.481 e. The van der Waals surface area contributed by atoms with Crippen molar-refractivity contribution >= 4 is 5.97 Å². The molecule has 0 amide bonds. The summed E-state index contributed by atoms with van der Waals surface area (Å²) in [5.74, 6) is 0.00332. The maximum Gasteiger partial charge on any atom is 0.315 e. The van der Waals surface area contributed by atoms with Gasteiger partial charge in [0, 0.05) is 12.6 Å². The molecule has 0 spiro atoms. The molecule has 1 N–H and O–H groups in total. The van der Waals surface area contributed by atoms with Crippen LogP contribution in [0.4, 0.5) is 0 Å². The summed E-state index contributed by atoms with van der Waals surface area (Å²) in [5.41, 5.74) is 0.0501. The summed E-state index contributed by atoms with van der Waals surface area (Å²) < 4.78 is 0. The summed E-state index contributed by atoms with van der Waals surface area (Å²) in [6.07, 6.45) is 2.32. The zero-order valence-corrected chi connectivity index (χ0v) is 12.7. The molecule has 0 radical (unpaired) electrons. The lowest BCUT2D eigenvalue weighted by atomic mass is 9.80. The summed E-state index contributed by atoms with van der Waals surface area (Å²) in [5, 5.41) is 9.73. The van der Waals surface area contributed by atoms with Crippen LogP contribution >= 0.6 is 0 Å². The highest BCUT2D eigenvalue weighted by atomic mass is 16.4. The number of piperidine rings is 1. The molecule has 3 atom stereocenters. The first-order chi connectivity index (χ1) is 9.43. The molecule has 3 nitrogen and oxygen atoms in total. The normalized spacial score (nSPS) is 26.9. The van der Waals surface area contributed by atoms with E-state index in [9.17, 15) is 9.90 Å². The number of hydrogen-bond acceptors (Lipinski definition) is 2. The molecule has 0 aromatic heterocycles. The van der Waals surface area contributed by atoms with Crippen molar-refractivity contribution in [1.82, 2.24) is 4.90 Å². The van der Waals surface area contributed by atoms with Crippen LogP contribution < -0.4 is 0 Å². The molecule has 1 aliphatic rings. The number of rotatable bonds is 4. The number of aliphatic carboxylic acids is 1. The number of carboxylic acid groups (broad SMARTS) is 1. The van der Waals surface area contributed by atoms with Gasteiger partial charge < -0.3 is 5.11 Å². The highest BCUT2D eigenvalue weighted by molar-refractivity contribution is 5.81. The van der Waals surface area contributed by atoms with Crippen LogP contribution in [-0.4, -0.2) is 35.1 Å². The number of carbonyl (C=O) groups is 1. The second kappa shape index (κ2) is 5.96. The predicted octanol–water partition coefficient (Wildman–Crippen LogP) is 3.15. The van der Waals surface area contributed by atoms with Gasteiger partial charge >= 0.3 is 5.97 Å². The van der Waals surface area contributed by atoms with Gasteiger partial charge in [0.2, 0.25) is 0 Å². The number of hydrogen-bond donors (Lipinski definition) is 1. The summed E-state index contributed by atoms with van der Waals surface area (Å²) in [6.45, 7) is 7.91. The second-order valence-electron chi connectivity index (χ2n) is 6.45. The average molecular weight is 275 g/mol. The topological polar surface area (TPSA) is 40.5 Å². The second-order valence-corrected chi connectivity index (χ2v) is 6.45. The predicted molar refractivity (Wildman–Crippen MR) is 80.9 cm³/mol. The van der Waals surface area contributed by atoms with E-state index in [1.54, 1.807) is 0 Å². The summed E-state index contributed by atoms with van der Waals surface area (Å²) in [7, 11) is 0. The zero-order chi connectivity index (χ0) is 14.8. The van der Waals surface area contributed by atoms with Gasteiger partial charge in [-0.25, -0.2) is 0 Å². The van der Waals surface area contributed by atoms with Crippen LogP contribution in [0, 0.1) is 5.92 Å². The Kier molecular flexibility index (Phi) is 4.48. The molecule has 110 valence electrons. The van der Waals surface area contributed by atoms with E-state index in [1.807, 2.05) is 37.3 Å². The van der Waals surface area contributed by atoms with Gasteiger partial charge in [0.15, 0.2) is 0 Å². The molecule has 2 rings (SSSR count). The summed E-state index contributed by atoms with van der Waals surface area (Å²) in [6, 6.07) is 10.1. The van der Waals surface area contributed by atoms with Crippen molar-refractivity contribution in [1.29, 1.82) is 0 Å². The van der Waals surface area contributed by atoms with Crippen LogP contribution in [0.3, 0.4) is 0 Å². The Labute approximate surface area is 121 Å². The van der Waals surface area contributed by atoms with E-state index >= 15 is 0 Å². The van der Waals surface area contributed by atoms with Crippen molar-refractivity contribution in [3.8, 4) is 0 Å². The lowest BCUT2D eigenvalue weighted by Gasteiger charge is -2.41. The molecule has 1 saturated heterocycles. The summed E-state index contributed by atoms with van der Waals surface area (Å²) in [4.78, 5) is 14.2. The number of carboxylic acids is 1. The molecular weight excluding hydrogens is 250 g/mol. The molecule has 3 heteroatoms. The number of benzene rings is 1. The first kappa shape index (κ1) is 15.0. The molecule has 20 heavy (non-hydrogen) atoms. The van der Waals surface area contributed by atoms with Crippen molar-refractivity contribution in [3.63, 3.8) is 0 Å². The third kappa shape index (κ3) is 3.04. The van der Waals surface area contributed by atoms with Crippen molar-refractivity contribution in [2.75, 3.05) is 13.1 Å². The Morgan fingerprint density at radius 3 is 2.55 bits per heavy atom. The third-order valence-electron chi connectivity index (χ3n) is 4.68. The fraction of sp³-hybridized carbons (Fsp3) is 0.588. The van der Waals surface area contributed by atoms with Gasteiger partial charge in [-0.3, -0.25) is 9.69 Å². The quantitative estimate of drug-likeness (QED) is 0.917. The van der Waals surface area contributed by atoms with Gasteiger partial charge in [-0.1, -0.05) is 37.3 Å². The van der Waals surface area contributed by atoms with Crippen LogP contribution in [-0.2, 0) is 10.2 Å². The monoisotopic (exact) mass is 275 g/mol. The fourth-order valence-electron chi connectivity index (χ4n) is 3.19. The average Bonchev–Trinajstić information content (AvgIpc) is 2.42. The molecule has 1 aromatic carbocycles. The van der Waals surface area contributed by atoms with Crippen LogP contribution in [0.15, 0.2) is 30.3 Å². The van der Waals surface area contributed by atoms with E-state index in [0.717, 1.165) is 30.9 Å². The number of likely N-dealkylation sites (tertiary alicyclic amines) is 1. The zero-order valence-electron chi connectivity index (χ0n) is 12.7. The molecule has 0 saturated carbocycles. The van der Waals surface area contributed by atoms with Crippen molar-refractivity contribution in [2.45, 2.75) is 45.1 Å². The molecule has 3 unspecified atom stereocenters. The van der Waals surface area contributed by atoms with E-state index in [2.05, 4.69) is 18.7 Å². The van der Waals surface area contributed by atoms with Gasteiger partial charge in [0.1, 0.15) is 5.41 Å². The van der Waals surface area contributed by atoms with Gasteiger partial charge in [-0.2, -0.15) is 0 Å².